The number of hydrogen-bond acceptors (Lipinski definition) is 8. The number of hydrogen-bond donors (Lipinski definition) is 3. The maximum Gasteiger partial charge on any atom is 0.472 e. The lowest BCUT2D eigenvalue weighted by atomic mass is 10.1. The quantitative estimate of drug-likeness (QED) is 0.0236. The molecule has 3 atom stereocenters. The van der Waals surface area contributed by atoms with Gasteiger partial charge >= 0.3 is 13.8 Å². The predicted molar refractivity (Wildman–Crippen MR) is 278 cm³/mol. The van der Waals surface area contributed by atoms with E-state index in [-0.39, 0.29) is 13.0 Å². The van der Waals surface area contributed by atoms with Gasteiger partial charge in [0, 0.05) is 13.0 Å². The van der Waals surface area contributed by atoms with E-state index >= 15 is 0 Å². The Morgan fingerprint density at radius 1 is 0.470 bits per heavy atom. The molecule has 0 saturated carbocycles. The number of carbonyl (C=O) groups is 1. The number of rotatable bonds is 45. The zero-order valence-electron chi connectivity index (χ0n) is 40.8. The van der Waals surface area contributed by atoms with Crippen LogP contribution in [0.1, 0.15) is 155 Å². The van der Waals surface area contributed by atoms with E-state index in [1.54, 1.807) is 0 Å². The van der Waals surface area contributed by atoms with E-state index in [2.05, 4.69) is 160 Å². The summed E-state index contributed by atoms with van der Waals surface area (Å²) in [6, 6.07) is 0. The molecule has 0 heterocycles. The van der Waals surface area contributed by atoms with Crippen molar-refractivity contribution in [3.05, 3.63) is 146 Å². The third-order valence-corrected chi connectivity index (χ3v) is 10.5. The fraction of sp³-hybridized carbons (Fsp3) is 0.554. The number of phosphoric acid groups is 1. The molecule has 0 aromatic rings. The zero-order valence-corrected chi connectivity index (χ0v) is 41.7. The topological polar surface area (TPSA) is 132 Å². The Bertz CT molecular complexity index is 1530. The highest BCUT2D eigenvalue weighted by atomic mass is 31.2. The first-order chi connectivity index (χ1) is 32.3. The predicted octanol–water partition coefficient (Wildman–Crippen LogP) is 14.7. The van der Waals surface area contributed by atoms with Crippen LogP contribution in [0.5, 0.6) is 0 Å². The molecule has 3 unspecified atom stereocenters. The van der Waals surface area contributed by atoms with Crippen LogP contribution in [0.25, 0.3) is 0 Å². The van der Waals surface area contributed by atoms with Crippen LogP contribution in [0.3, 0.4) is 0 Å². The zero-order chi connectivity index (χ0) is 48.1. The van der Waals surface area contributed by atoms with Crippen LogP contribution in [0.4, 0.5) is 0 Å². The van der Waals surface area contributed by atoms with E-state index in [1.165, 1.54) is 0 Å². The number of aliphatic hydroxyl groups excluding tert-OH is 2. The average Bonchev–Trinajstić information content (AvgIpc) is 3.31. The Balaban J connectivity index is 4.28. The third kappa shape index (κ3) is 49.8. The monoisotopic (exact) mass is 937 g/mol. The smallest absolute Gasteiger partial charge is 0.457 e. The van der Waals surface area contributed by atoms with Gasteiger partial charge < -0.3 is 24.6 Å². The molecular formula is C56H89O9P. The normalized spacial score (nSPS) is 15.0. The van der Waals surface area contributed by atoms with Crippen molar-refractivity contribution in [2.75, 3.05) is 33.0 Å². The van der Waals surface area contributed by atoms with Gasteiger partial charge in [-0.2, -0.15) is 0 Å². The molecule has 10 heteroatoms. The molecule has 0 spiro atoms. The van der Waals surface area contributed by atoms with Gasteiger partial charge in [0.05, 0.1) is 26.4 Å². The molecule has 0 aromatic carbocycles. The van der Waals surface area contributed by atoms with E-state index in [1.807, 2.05) is 0 Å². The number of esters is 1. The third-order valence-electron chi connectivity index (χ3n) is 9.52. The second-order valence-corrected chi connectivity index (χ2v) is 17.2. The molecule has 0 amide bonds. The molecule has 0 bridgehead atoms. The lowest BCUT2D eigenvalue weighted by Gasteiger charge is -2.20. The molecule has 0 fully saturated rings. The molecule has 9 nitrogen and oxygen atoms in total. The molecule has 372 valence electrons. The minimum Gasteiger partial charge on any atom is -0.457 e. The van der Waals surface area contributed by atoms with Gasteiger partial charge in [0.2, 0.25) is 0 Å². The van der Waals surface area contributed by atoms with Crippen molar-refractivity contribution >= 4 is 13.8 Å². The molecule has 0 aromatic heterocycles. The largest absolute Gasteiger partial charge is 0.472 e. The van der Waals surface area contributed by atoms with Gasteiger partial charge in [0.15, 0.2) is 0 Å². The van der Waals surface area contributed by atoms with Crippen molar-refractivity contribution in [3.8, 4) is 0 Å². The fourth-order valence-electron chi connectivity index (χ4n) is 5.83. The van der Waals surface area contributed by atoms with Gasteiger partial charge in [-0.3, -0.25) is 13.8 Å². The van der Waals surface area contributed by atoms with Crippen LogP contribution in [0, 0.1) is 0 Å². The van der Waals surface area contributed by atoms with E-state index < -0.39 is 45.8 Å². The van der Waals surface area contributed by atoms with Crippen LogP contribution >= 0.6 is 7.82 Å². The van der Waals surface area contributed by atoms with Crippen LogP contribution < -0.4 is 0 Å². The Labute approximate surface area is 401 Å². The molecule has 0 aliphatic rings. The van der Waals surface area contributed by atoms with Crippen LogP contribution in [0.15, 0.2) is 146 Å². The molecule has 3 N–H and O–H groups in total. The summed E-state index contributed by atoms with van der Waals surface area (Å²) in [5, 5.41) is 18.4. The number of unbranched alkanes of at least 4 members (excludes halogenated alkanes) is 7. The number of ether oxygens (including phenoxy) is 2. The van der Waals surface area contributed by atoms with Gasteiger partial charge in [-0.1, -0.05) is 179 Å². The molecule has 66 heavy (non-hydrogen) atoms. The maximum atomic E-state index is 12.7. The van der Waals surface area contributed by atoms with Gasteiger partial charge in [0.25, 0.3) is 0 Å². The maximum absolute atomic E-state index is 12.7. The average molecular weight is 937 g/mol. The van der Waals surface area contributed by atoms with E-state index in [0.717, 1.165) is 128 Å². The molecule has 0 aliphatic carbocycles. The van der Waals surface area contributed by atoms with Crippen molar-refractivity contribution in [3.63, 3.8) is 0 Å². The fourth-order valence-corrected chi connectivity index (χ4v) is 6.62. The Kier molecular flexibility index (Phi) is 47.9. The van der Waals surface area contributed by atoms with Crippen molar-refractivity contribution in [2.45, 2.75) is 167 Å². The number of carbonyl (C=O) groups excluding carboxylic acids is 1. The summed E-state index contributed by atoms with van der Waals surface area (Å²) in [6.45, 7) is 3.14. The molecule has 0 saturated heterocycles. The van der Waals surface area contributed by atoms with Crippen molar-refractivity contribution in [2.24, 2.45) is 0 Å². The number of phosphoric ester groups is 1. The van der Waals surface area contributed by atoms with Crippen molar-refractivity contribution in [1.29, 1.82) is 0 Å². The first-order valence-electron chi connectivity index (χ1n) is 24.8. The summed E-state index contributed by atoms with van der Waals surface area (Å²) in [5.74, 6) is -0.439. The highest BCUT2D eigenvalue weighted by molar-refractivity contribution is 7.47. The summed E-state index contributed by atoms with van der Waals surface area (Å²) >= 11 is 0. The first kappa shape index (κ1) is 62.3. The van der Waals surface area contributed by atoms with E-state index in [4.69, 9.17) is 23.6 Å². The summed E-state index contributed by atoms with van der Waals surface area (Å²) in [6.07, 6.45) is 71.0. The van der Waals surface area contributed by atoms with Crippen LogP contribution in [0.2, 0.25) is 0 Å². The molecule has 0 radical (unpaired) electrons. The Hall–Kier alpha value is -3.66. The van der Waals surface area contributed by atoms with E-state index in [0.29, 0.717) is 13.0 Å². The first-order valence-corrected chi connectivity index (χ1v) is 26.3. The highest BCUT2D eigenvalue weighted by Gasteiger charge is 2.26. The van der Waals surface area contributed by atoms with Gasteiger partial charge in [0.1, 0.15) is 12.2 Å². The lowest BCUT2D eigenvalue weighted by molar-refractivity contribution is -0.154. The minimum absolute atomic E-state index is 0.00618. The number of allylic oxidation sites excluding steroid dienone is 24. The SMILES string of the molecule is CC/C=C\C/C=C\C/C=C\C/C=C\C/C=C\C/C=C\CCCCCCCOCC(COP(=O)(O)OCC(O)CO)OC(=O)CCCC/C=C\C/C=C\C/C=C\C/C=C\C/C=C\C/C=C\CC. The number of aliphatic hydroxyl groups is 2. The summed E-state index contributed by atoms with van der Waals surface area (Å²) < 4.78 is 33.4. The summed E-state index contributed by atoms with van der Waals surface area (Å²) in [5.41, 5.74) is 0. The minimum atomic E-state index is -4.56. The summed E-state index contributed by atoms with van der Waals surface area (Å²) in [4.78, 5) is 22.7. The van der Waals surface area contributed by atoms with E-state index in [9.17, 15) is 19.4 Å². The van der Waals surface area contributed by atoms with Crippen molar-refractivity contribution in [1.82, 2.24) is 0 Å². The van der Waals surface area contributed by atoms with Crippen molar-refractivity contribution < 1.29 is 43.0 Å². The Morgan fingerprint density at radius 3 is 1.23 bits per heavy atom. The molecular weight excluding hydrogens is 848 g/mol. The van der Waals surface area contributed by atoms with Gasteiger partial charge in [-0.25, -0.2) is 4.57 Å². The highest BCUT2D eigenvalue weighted by Crippen LogP contribution is 2.43. The van der Waals surface area contributed by atoms with Crippen LogP contribution in [-0.4, -0.2) is 66.3 Å². The second-order valence-electron chi connectivity index (χ2n) is 15.7. The summed E-state index contributed by atoms with van der Waals surface area (Å²) in [7, 11) is -4.56. The Morgan fingerprint density at radius 2 is 0.818 bits per heavy atom. The van der Waals surface area contributed by atoms with Crippen LogP contribution in [-0.2, 0) is 27.9 Å². The molecule has 0 rings (SSSR count). The standard InChI is InChI=1S/C56H89O9P/c1-3-5-7-9-11-13-15-17-19-21-23-25-26-27-29-31-33-35-37-39-41-43-45-47-49-62-52-55(53-64-66(60,61)63-51-54(58)50-57)65-56(59)48-46-44-42-40-38-36-34-32-30-28-24-22-20-18-16-14-12-10-8-6-4-2/h5-8,11-14,17-20,23-25,27-29,32-35,38,40,54-55,57-58H,3-4,9-10,15-16,21-22,26,30-31,36-37,39,41-53H2,1-2H3,(H,60,61)/b7-5-,8-6-,13-11-,14-12-,19-17-,20-18-,25-23-,28-24-,29-27-,34-32-,35-33-,40-38-. The van der Waals surface area contributed by atoms with Gasteiger partial charge in [-0.15, -0.1) is 0 Å². The molecule has 0 aliphatic heterocycles. The lowest BCUT2D eigenvalue weighted by Crippen LogP contribution is -2.29. The van der Waals surface area contributed by atoms with Gasteiger partial charge in [-0.05, 0) is 116 Å². The second kappa shape index (κ2) is 50.7.